The third kappa shape index (κ3) is 4.62. The van der Waals surface area contributed by atoms with Crippen molar-refractivity contribution < 1.29 is 14.3 Å². The highest BCUT2D eigenvalue weighted by Gasteiger charge is 2.27. The Morgan fingerprint density at radius 3 is 2.45 bits per heavy atom. The van der Waals surface area contributed by atoms with E-state index in [9.17, 15) is 14.3 Å². The van der Waals surface area contributed by atoms with Crippen LogP contribution in [0.4, 0.5) is 4.39 Å². The highest BCUT2D eigenvalue weighted by atomic mass is 19.1. The lowest BCUT2D eigenvalue weighted by atomic mass is 9.77. The van der Waals surface area contributed by atoms with Gasteiger partial charge in [0.1, 0.15) is 11.7 Å². The number of carboxylic acid groups (broad SMARTS) is 1. The molecule has 1 atom stereocenters. The van der Waals surface area contributed by atoms with Gasteiger partial charge in [-0.2, -0.15) is 0 Å². The van der Waals surface area contributed by atoms with Crippen molar-refractivity contribution in [3.8, 4) is 0 Å². The van der Waals surface area contributed by atoms with Crippen molar-refractivity contribution in [2.75, 3.05) is 0 Å². The van der Waals surface area contributed by atoms with Gasteiger partial charge < -0.3 is 10.8 Å². The lowest BCUT2D eigenvalue weighted by Crippen LogP contribution is -2.21. The zero-order valence-corrected chi connectivity index (χ0v) is 16.7. The summed E-state index contributed by atoms with van der Waals surface area (Å²) < 4.78 is 13.1. The number of aryl methyl sites for hydroxylation is 1. The molecule has 5 heteroatoms. The number of rotatable bonds is 5. The van der Waals surface area contributed by atoms with E-state index in [1.165, 1.54) is 35.4 Å². The first kappa shape index (κ1) is 20.5. The van der Waals surface area contributed by atoms with Gasteiger partial charge in [0.05, 0.1) is 11.3 Å². The number of carbonyl (C=O) groups is 1. The number of nitrogens with two attached hydrogens (primary N) is 1. The number of hydrogen-bond acceptors (Lipinski definition) is 2. The van der Waals surface area contributed by atoms with E-state index in [1.807, 2.05) is 25.1 Å². The van der Waals surface area contributed by atoms with Crippen molar-refractivity contribution in [3.63, 3.8) is 0 Å². The fraction of sp³-hybridized carbons (Fsp3) is 0.250. The molecule has 0 aromatic heterocycles. The number of aliphatic carboxylic acids is 1. The molecule has 0 heterocycles. The second kappa shape index (κ2) is 8.86. The fourth-order valence-corrected chi connectivity index (χ4v) is 3.96. The van der Waals surface area contributed by atoms with E-state index in [0.29, 0.717) is 11.3 Å². The standard InChI is InChI=1S/C24H25FN2O2/c1-3-21(19-9-8-16-6-4-5-7-18(16)14-19)22(24(28)29)15(2)27-23(26)17-10-12-20(25)13-11-17/h3-7,10-13,19H,8-9,14H2,1-2H3,(H2,26,27)(H,28,29)/b21-3-,22-15-. The van der Waals surface area contributed by atoms with Crippen LogP contribution in [0.3, 0.4) is 0 Å². The Bertz CT molecular complexity index is 1000. The molecule has 0 amide bonds. The molecule has 150 valence electrons. The lowest BCUT2D eigenvalue weighted by Gasteiger charge is -2.27. The molecule has 4 nitrogen and oxygen atoms in total. The Morgan fingerprint density at radius 2 is 1.83 bits per heavy atom. The minimum atomic E-state index is -1.02. The number of carboxylic acids is 1. The van der Waals surface area contributed by atoms with Gasteiger partial charge in [-0.15, -0.1) is 0 Å². The van der Waals surface area contributed by atoms with Gasteiger partial charge in [-0.3, -0.25) is 0 Å². The topological polar surface area (TPSA) is 75.7 Å². The SMILES string of the molecule is C/C=C(\C(C(=O)O)=C(/C)N=C(N)c1ccc(F)cc1)C1CCc2ccccc2C1. The number of benzene rings is 2. The number of nitrogens with zero attached hydrogens (tertiary/aromatic N) is 1. The molecule has 1 unspecified atom stereocenters. The minimum absolute atomic E-state index is 0.109. The number of allylic oxidation sites excluding steroid dienone is 2. The molecule has 3 N–H and O–H groups in total. The van der Waals surface area contributed by atoms with E-state index >= 15 is 0 Å². The maximum Gasteiger partial charge on any atom is 0.337 e. The molecule has 1 aliphatic rings. The Balaban J connectivity index is 1.95. The van der Waals surface area contributed by atoms with E-state index in [2.05, 4.69) is 17.1 Å². The predicted molar refractivity (Wildman–Crippen MR) is 113 cm³/mol. The van der Waals surface area contributed by atoms with Gasteiger partial charge in [0, 0.05) is 5.56 Å². The van der Waals surface area contributed by atoms with Gasteiger partial charge in [-0.1, -0.05) is 30.3 Å². The summed E-state index contributed by atoms with van der Waals surface area (Å²) >= 11 is 0. The monoisotopic (exact) mass is 392 g/mol. The Morgan fingerprint density at radius 1 is 1.17 bits per heavy atom. The molecule has 0 radical (unpaired) electrons. The van der Waals surface area contributed by atoms with E-state index in [-0.39, 0.29) is 23.1 Å². The molecular formula is C24H25FN2O2. The minimum Gasteiger partial charge on any atom is -0.478 e. The second-order valence-corrected chi connectivity index (χ2v) is 7.22. The van der Waals surface area contributed by atoms with Crippen molar-refractivity contribution in [1.29, 1.82) is 0 Å². The molecule has 3 rings (SSSR count). The van der Waals surface area contributed by atoms with Gasteiger partial charge in [-0.25, -0.2) is 14.2 Å². The molecule has 29 heavy (non-hydrogen) atoms. The molecule has 2 aromatic rings. The van der Waals surface area contributed by atoms with Crippen LogP contribution in [0.25, 0.3) is 0 Å². The Labute approximate surface area is 170 Å². The van der Waals surface area contributed by atoms with Crippen LogP contribution in [-0.2, 0) is 17.6 Å². The van der Waals surface area contributed by atoms with E-state index < -0.39 is 5.97 Å². The fourth-order valence-electron chi connectivity index (χ4n) is 3.96. The van der Waals surface area contributed by atoms with Crippen molar-refractivity contribution in [2.45, 2.75) is 33.1 Å². The second-order valence-electron chi connectivity index (χ2n) is 7.22. The maximum absolute atomic E-state index is 13.1. The molecule has 0 saturated heterocycles. The Hall–Kier alpha value is -3.21. The zero-order valence-electron chi connectivity index (χ0n) is 16.7. The highest BCUT2D eigenvalue weighted by molar-refractivity contribution is 5.99. The molecule has 0 fully saturated rings. The average Bonchev–Trinajstić information content (AvgIpc) is 2.71. The number of aliphatic imine (C=N–C) groups is 1. The number of fused-ring (bicyclic) bond motifs is 1. The molecule has 0 bridgehead atoms. The number of hydrogen-bond donors (Lipinski definition) is 2. The zero-order chi connectivity index (χ0) is 21.0. The highest BCUT2D eigenvalue weighted by Crippen LogP contribution is 2.34. The largest absolute Gasteiger partial charge is 0.478 e. The van der Waals surface area contributed by atoms with Crippen molar-refractivity contribution in [3.05, 3.63) is 94.0 Å². The van der Waals surface area contributed by atoms with Crippen LogP contribution in [0.5, 0.6) is 0 Å². The van der Waals surface area contributed by atoms with Crippen molar-refractivity contribution >= 4 is 11.8 Å². The van der Waals surface area contributed by atoms with Crippen LogP contribution in [0.15, 0.2) is 76.4 Å². The normalized spacial score (nSPS) is 18.1. The molecule has 0 saturated carbocycles. The summed E-state index contributed by atoms with van der Waals surface area (Å²) in [4.78, 5) is 16.5. The summed E-state index contributed by atoms with van der Waals surface area (Å²) in [5.74, 6) is -1.12. The first-order valence-electron chi connectivity index (χ1n) is 9.68. The average molecular weight is 392 g/mol. The third-order valence-corrected chi connectivity index (χ3v) is 5.39. The molecule has 1 aliphatic carbocycles. The van der Waals surface area contributed by atoms with Gasteiger partial charge in [-0.05, 0) is 80.0 Å². The summed E-state index contributed by atoms with van der Waals surface area (Å²) in [7, 11) is 0. The lowest BCUT2D eigenvalue weighted by molar-refractivity contribution is -0.132. The van der Waals surface area contributed by atoms with Crippen LogP contribution >= 0.6 is 0 Å². The summed E-state index contributed by atoms with van der Waals surface area (Å²) in [6.07, 6.45) is 4.48. The van der Waals surface area contributed by atoms with Gasteiger partial charge >= 0.3 is 5.97 Å². The number of halogens is 1. The summed E-state index contributed by atoms with van der Waals surface area (Å²) in [5.41, 5.74) is 10.5. The van der Waals surface area contributed by atoms with Crippen LogP contribution in [0, 0.1) is 11.7 Å². The third-order valence-electron chi connectivity index (χ3n) is 5.39. The van der Waals surface area contributed by atoms with Crippen LogP contribution in [0.2, 0.25) is 0 Å². The summed E-state index contributed by atoms with van der Waals surface area (Å²) in [6, 6.07) is 13.9. The first-order chi connectivity index (χ1) is 13.9. The van der Waals surface area contributed by atoms with E-state index in [0.717, 1.165) is 24.8 Å². The molecule has 0 aliphatic heterocycles. The smallest absolute Gasteiger partial charge is 0.337 e. The Kier molecular flexibility index (Phi) is 6.27. The molecular weight excluding hydrogens is 367 g/mol. The first-order valence-corrected chi connectivity index (χ1v) is 9.68. The van der Waals surface area contributed by atoms with Crippen molar-refractivity contribution in [1.82, 2.24) is 0 Å². The molecule has 2 aromatic carbocycles. The van der Waals surface area contributed by atoms with E-state index in [1.54, 1.807) is 6.92 Å². The molecule has 0 spiro atoms. The van der Waals surface area contributed by atoms with Gasteiger partial charge in [0.25, 0.3) is 0 Å². The van der Waals surface area contributed by atoms with Crippen LogP contribution in [-0.4, -0.2) is 16.9 Å². The van der Waals surface area contributed by atoms with Crippen LogP contribution in [0.1, 0.15) is 37.0 Å². The summed E-state index contributed by atoms with van der Waals surface area (Å²) in [6.45, 7) is 3.51. The van der Waals surface area contributed by atoms with Gasteiger partial charge in [0.2, 0.25) is 0 Å². The van der Waals surface area contributed by atoms with E-state index in [4.69, 9.17) is 5.73 Å². The van der Waals surface area contributed by atoms with Gasteiger partial charge in [0.15, 0.2) is 0 Å². The van der Waals surface area contributed by atoms with Crippen LogP contribution < -0.4 is 5.73 Å². The predicted octanol–water partition coefficient (Wildman–Crippen LogP) is 4.64. The number of amidine groups is 1. The van der Waals surface area contributed by atoms with Crippen molar-refractivity contribution in [2.24, 2.45) is 16.6 Å². The summed E-state index contributed by atoms with van der Waals surface area (Å²) in [5, 5.41) is 9.93. The maximum atomic E-state index is 13.1. The quantitative estimate of drug-likeness (QED) is 0.337.